The molecule has 0 aliphatic heterocycles. The number of hydrogen-bond donors (Lipinski definition) is 2. The Hall–Kier alpha value is -3.68. The number of allylic oxidation sites excluding steroid dienone is 6. The minimum absolute atomic E-state index is 0.0555. The first-order valence-electron chi connectivity index (χ1n) is 12.6. The van der Waals surface area contributed by atoms with E-state index in [1.54, 1.807) is 0 Å². The summed E-state index contributed by atoms with van der Waals surface area (Å²) in [4.78, 5) is 44.6. The van der Waals surface area contributed by atoms with Crippen LogP contribution in [0.25, 0.3) is 0 Å². The average molecular weight is 531 g/mol. The van der Waals surface area contributed by atoms with Gasteiger partial charge < -0.3 is 19.7 Å². The Labute approximate surface area is 226 Å². The smallest absolute Gasteiger partial charge is 0.334 e. The van der Waals surface area contributed by atoms with Crippen molar-refractivity contribution >= 4 is 23.9 Å². The second kappa shape index (κ2) is 19.4. The molecule has 38 heavy (non-hydrogen) atoms. The Morgan fingerprint density at radius 2 is 0.921 bits per heavy atom. The summed E-state index contributed by atoms with van der Waals surface area (Å²) in [6, 6.07) is 0. The largest absolute Gasteiger partial charge is 0.478 e. The van der Waals surface area contributed by atoms with E-state index >= 15 is 0 Å². The molecule has 0 heterocycles. The number of hydrogen-bond acceptors (Lipinski definition) is 6. The molecule has 0 fully saturated rings. The minimum atomic E-state index is -1.18. The van der Waals surface area contributed by atoms with Gasteiger partial charge >= 0.3 is 23.9 Å². The van der Waals surface area contributed by atoms with Crippen molar-refractivity contribution in [1.82, 2.24) is 0 Å². The molecule has 0 radical (unpaired) electrons. The number of carboxylic acids is 2. The van der Waals surface area contributed by atoms with Crippen molar-refractivity contribution in [2.75, 3.05) is 13.2 Å². The van der Waals surface area contributed by atoms with Crippen LogP contribution in [0.5, 0.6) is 0 Å². The van der Waals surface area contributed by atoms with E-state index in [1.165, 1.54) is 25.0 Å². The van der Waals surface area contributed by atoms with E-state index in [-0.39, 0.29) is 24.4 Å². The normalized spacial score (nSPS) is 13.8. The van der Waals surface area contributed by atoms with Gasteiger partial charge in [-0.3, -0.25) is 0 Å². The van der Waals surface area contributed by atoms with Crippen LogP contribution in [-0.2, 0) is 28.7 Å². The van der Waals surface area contributed by atoms with Crippen LogP contribution in [0.1, 0.15) is 80.1 Å². The monoisotopic (exact) mass is 530 g/mol. The highest BCUT2D eigenvalue weighted by Crippen LogP contribution is 2.14. The van der Waals surface area contributed by atoms with Crippen LogP contribution in [-0.4, -0.2) is 47.3 Å². The highest BCUT2D eigenvalue weighted by molar-refractivity contribution is 5.95. The predicted molar refractivity (Wildman–Crippen MR) is 147 cm³/mol. The van der Waals surface area contributed by atoms with Gasteiger partial charge in [0.2, 0.25) is 0 Å². The molecule has 0 saturated heterocycles. The summed E-state index contributed by atoms with van der Waals surface area (Å²) in [6.07, 6.45) is 15.4. The van der Waals surface area contributed by atoms with Gasteiger partial charge in [0.15, 0.2) is 0 Å². The third-order valence-corrected chi connectivity index (χ3v) is 5.50. The topological polar surface area (TPSA) is 127 Å². The summed E-state index contributed by atoms with van der Waals surface area (Å²) in [5, 5.41) is 17.3. The predicted octanol–water partition coefficient (Wildman–Crippen LogP) is 6.26. The van der Waals surface area contributed by atoms with Gasteiger partial charge in [-0.1, -0.05) is 34.9 Å². The summed E-state index contributed by atoms with van der Waals surface area (Å²) < 4.78 is 10.2. The summed E-state index contributed by atoms with van der Waals surface area (Å²) in [7, 11) is 0. The van der Waals surface area contributed by atoms with Crippen molar-refractivity contribution in [1.29, 1.82) is 0 Å². The van der Waals surface area contributed by atoms with Gasteiger partial charge in [-0.25, -0.2) is 19.2 Å². The molecule has 2 N–H and O–H groups in total. The summed E-state index contributed by atoms with van der Waals surface area (Å²) in [5.74, 6) is -3.62. The van der Waals surface area contributed by atoms with E-state index in [0.29, 0.717) is 0 Å². The Bertz CT molecular complexity index is 1020. The molecular formula is C30H42O8. The van der Waals surface area contributed by atoms with Gasteiger partial charge in [-0.2, -0.15) is 0 Å². The molecule has 0 rings (SSSR count). The molecule has 0 atom stereocenters. The van der Waals surface area contributed by atoms with Crippen molar-refractivity contribution in [3.05, 3.63) is 69.9 Å². The number of carboxylic acid groups (broad SMARTS) is 2. The molecule has 0 aromatic heterocycles. The van der Waals surface area contributed by atoms with Crippen molar-refractivity contribution in [2.24, 2.45) is 0 Å². The van der Waals surface area contributed by atoms with E-state index in [1.807, 2.05) is 26.0 Å². The highest BCUT2D eigenvalue weighted by Gasteiger charge is 2.08. The van der Waals surface area contributed by atoms with Crippen molar-refractivity contribution in [2.45, 2.75) is 80.1 Å². The molecule has 0 aliphatic rings. The Balaban J connectivity index is 4.29. The standard InChI is InChI=1S/C30H42O8/c1-21(12-8-14-23(3)16-17-37-29(35)25(5)18-27(31)32)10-7-11-22(2)13-9-15-24(4)20-38-30(36)26(6)19-28(33)34/h11-12,15-16,18-19H,7-10,13-14,17,20H2,1-6H3,(H,31,32)(H,33,34). The van der Waals surface area contributed by atoms with Crippen LogP contribution in [0.15, 0.2) is 69.9 Å². The molecule has 8 heteroatoms. The summed E-state index contributed by atoms with van der Waals surface area (Å²) >= 11 is 0. The number of aliphatic carboxylic acids is 2. The zero-order chi connectivity index (χ0) is 29.1. The van der Waals surface area contributed by atoms with Crippen LogP contribution in [0, 0.1) is 0 Å². The van der Waals surface area contributed by atoms with Gasteiger partial charge in [0.05, 0.1) is 0 Å². The van der Waals surface area contributed by atoms with Gasteiger partial charge in [-0.15, -0.1) is 0 Å². The molecule has 8 nitrogen and oxygen atoms in total. The third-order valence-electron chi connectivity index (χ3n) is 5.50. The molecule has 0 amide bonds. The average Bonchev–Trinajstić information content (AvgIpc) is 2.81. The number of rotatable bonds is 17. The van der Waals surface area contributed by atoms with Gasteiger partial charge in [0.25, 0.3) is 0 Å². The number of carbonyl (C=O) groups is 4. The van der Waals surface area contributed by atoms with E-state index in [0.717, 1.165) is 61.8 Å². The van der Waals surface area contributed by atoms with Crippen LogP contribution in [0.2, 0.25) is 0 Å². The Kier molecular flexibility index (Phi) is 17.6. The molecular weight excluding hydrogens is 488 g/mol. The van der Waals surface area contributed by atoms with Crippen LogP contribution in [0.4, 0.5) is 0 Å². The van der Waals surface area contributed by atoms with E-state index < -0.39 is 23.9 Å². The first-order chi connectivity index (χ1) is 17.8. The lowest BCUT2D eigenvalue weighted by molar-refractivity contribution is -0.139. The fraction of sp³-hybridized carbons (Fsp3) is 0.467. The molecule has 0 aromatic carbocycles. The lowest BCUT2D eigenvalue weighted by Gasteiger charge is -2.06. The molecule has 0 aliphatic carbocycles. The van der Waals surface area contributed by atoms with Crippen molar-refractivity contribution < 1.29 is 38.9 Å². The van der Waals surface area contributed by atoms with Gasteiger partial charge in [-0.05, 0) is 91.7 Å². The van der Waals surface area contributed by atoms with E-state index in [2.05, 4.69) is 26.0 Å². The highest BCUT2D eigenvalue weighted by atomic mass is 16.5. The van der Waals surface area contributed by atoms with Gasteiger partial charge in [0, 0.05) is 23.3 Å². The maximum atomic E-state index is 11.7. The van der Waals surface area contributed by atoms with E-state index in [9.17, 15) is 19.2 Å². The quantitative estimate of drug-likeness (QED) is 0.128. The third kappa shape index (κ3) is 18.6. The number of carbonyl (C=O) groups excluding carboxylic acids is 2. The molecule has 0 saturated carbocycles. The van der Waals surface area contributed by atoms with Crippen LogP contribution >= 0.6 is 0 Å². The van der Waals surface area contributed by atoms with Gasteiger partial charge in [0.1, 0.15) is 13.2 Å². The molecule has 0 aromatic rings. The van der Waals surface area contributed by atoms with Crippen molar-refractivity contribution in [3.63, 3.8) is 0 Å². The zero-order valence-electron chi connectivity index (χ0n) is 23.5. The molecule has 0 unspecified atom stereocenters. The molecule has 210 valence electrons. The maximum Gasteiger partial charge on any atom is 0.334 e. The summed E-state index contributed by atoms with van der Waals surface area (Å²) in [6.45, 7) is 11.1. The molecule has 0 spiro atoms. The van der Waals surface area contributed by atoms with Crippen LogP contribution in [0.3, 0.4) is 0 Å². The number of ether oxygens (including phenoxy) is 2. The van der Waals surface area contributed by atoms with Crippen LogP contribution < -0.4 is 0 Å². The zero-order valence-corrected chi connectivity index (χ0v) is 23.5. The first kappa shape index (κ1) is 34.3. The van der Waals surface area contributed by atoms with E-state index in [4.69, 9.17) is 19.7 Å². The SMILES string of the molecule is CC(=CCCC(C)=CCOC(=O)C(C)=CC(=O)O)CCC=C(C)CCC=C(C)COC(=O)C(C)=CC(=O)O. The Morgan fingerprint density at radius 1 is 0.553 bits per heavy atom. The Morgan fingerprint density at radius 3 is 1.34 bits per heavy atom. The minimum Gasteiger partial charge on any atom is -0.478 e. The fourth-order valence-corrected chi connectivity index (χ4v) is 3.16. The lowest BCUT2D eigenvalue weighted by Crippen LogP contribution is -2.09. The second-order valence-corrected chi connectivity index (χ2v) is 9.32. The first-order valence-corrected chi connectivity index (χ1v) is 12.6. The summed E-state index contributed by atoms with van der Waals surface area (Å²) in [5.41, 5.74) is 4.73. The van der Waals surface area contributed by atoms with Crippen molar-refractivity contribution in [3.8, 4) is 0 Å². The fourth-order valence-electron chi connectivity index (χ4n) is 3.16. The number of esters is 2. The maximum absolute atomic E-state index is 11.7. The second-order valence-electron chi connectivity index (χ2n) is 9.32. The lowest BCUT2D eigenvalue weighted by atomic mass is 10.0. The molecule has 0 bridgehead atoms.